The minimum Gasteiger partial charge on any atom is -0.322 e. The van der Waals surface area contributed by atoms with Gasteiger partial charge < -0.3 is 5.32 Å². The molecule has 2 aromatic carbocycles. The van der Waals surface area contributed by atoms with Gasteiger partial charge in [0.15, 0.2) is 0 Å². The molecule has 1 amide bonds. The van der Waals surface area contributed by atoms with Gasteiger partial charge in [0.1, 0.15) is 5.82 Å². The van der Waals surface area contributed by atoms with E-state index in [1.165, 1.54) is 6.07 Å². The average Bonchev–Trinajstić information content (AvgIpc) is 2.97. The molecule has 1 unspecified atom stereocenters. The van der Waals surface area contributed by atoms with Crippen molar-refractivity contribution >= 4 is 23.2 Å². The van der Waals surface area contributed by atoms with E-state index in [2.05, 4.69) is 10.2 Å². The first-order valence-electron chi connectivity index (χ1n) is 7.67. The van der Waals surface area contributed by atoms with Crippen LogP contribution in [0, 0.1) is 5.82 Å². The molecule has 3 nitrogen and oxygen atoms in total. The number of halogens is 2. The Bertz CT molecular complexity index is 707. The molecule has 0 bridgehead atoms. The molecule has 1 atom stereocenters. The van der Waals surface area contributed by atoms with Crippen molar-refractivity contribution in [3.8, 4) is 0 Å². The van der Waals surface area contributed by atoms with Crippen LogP contribution in [0.25, 0.3) is 0 Å². The Hall–Kier alpha value is -1.91. The highest BCUT2D eigenvalue weighted by atomic mass is 35.5. The number of likely N-dealkylation sites (tertiary alicyclic amines) is 1. The lowest BCUT2D eigenvalue weighted by Gasteiger charge is -2.24. The molecule has 0 radical (unpaired) electrons. The number of rotatable bonds is 4. The van der Waals surface area contributed by atoms with E-state index in [4.69, 9.17) is 11.6 Å². The van der Waals surface area contributed by atoms with Crippen molar-refractivity contribution in [2.75, 3.05) is 18.4 Å². The van der Waals surface area contributed by atoms with Crippen molar-refractivity contribution < 1.29 is 9.18 Å². The molecule has 2 aromatic rings. The lowest BCUT2D eigenvalue weighted by Crippen LogP contribution is -2.33. The second-order valence-corrected chi connectivity index (χ2v) is 6.15. The van der Waals surface area contributed by atoms with Crippen LogP contribution in [0.4, 0.5) is 10.1 Å². The molecule has 1 aliphatic heterocycles. The van der Waals surface area contributed by atoms with Crippen molar-refractivity contribution in [3.63, 3.8) is 0 Å². The highest BCUT2D eigenvalue weighted by molar-refractivity contribution is 6.30. The van der Waals surface area contributed by atoms with Crippen molar-refractivity contribution in [1.29, 1.82) is 0 Å². The predicted octanol–water partition coefficient (Wildman–Crippen LogP) is 4.25. The smallest absolute Gasteiger partial charge is 0.238 e. The quantitative estimate of drug-likeness (QED) is 0.907. The van der Waals surface area contributed by atoms with E-state index in [0.29, 0.717) is 5.02 Å². The number of nitrogens with one attached hydrogen (secondary N) is 1. The third kappa shape index (κ3) is 3.89. The number of para-hydroxylation sites is 1. The zero-order valence-electron chi connectivity index (χ0n) is 12.6. The molecule has 1 aliphatic rings. The normalized spacial score (nSPS) is 18.1. The van der Waals surface area contributed by atoms with Gasteiger partial charge in [0.05, 0.1) is 12.2 Å². The van der Waals surface area contributed by atoms with Gasteiger partial charge in [0, 0.05) is 11.1 Å². The van der Waals surface area contributed by atoms with Crippen LogP contribution in [0.15, 0.2) is 48.5 Å². The van der Waals surface area contributed by atoms with E-state index >= 15 is 0 Å². The predicted molar refractivity (Wildman–Crippen MR) is 90.0 cm³/mol. The van der Waals surface area contributed by atoms with E-state index in [-0.39, 0.29) is 24.2 Å². The molecule has 0 aromatic heterocycles. The summed E-state index contributed by atoms with van der Waals surface area (Å²) in [6.45, 7) is 1.09. The first kappa shape index (κ1) is 16.0. The van der Waals surface area contributed by atoms with Crippen LogP contribution in [-0.4, -0.2) is 23.9 Å². The summed E-state index contributed by atoms with van der Waals surface area (Å²) in [5, 5.41) is 3.34. The number of amides is 1. The third-order valence-electron chi connectivity index (χ3n) is 4.09. The molecule has 1 N–H and O–H groups in total. The van der Waals surface area contributed by atoms with Crippen LogP contribution >= 0.6 is 11.6 Å². The summed E-state index contributed by atoms with van der Waals surface area (Å²) < 4.78 is 13.6. The Morgan fingerprint density at radius 3 is 2.87 bits per heavy atom. The molecule has 5 heteroatoms. The Labute approximate surface area is 140 Å². The average molecular weight is 333 g/mol. The van der Waals surface area contributed by atoms with Crippen LogP contribution in [0.3, 0.4) is 0 Å². The number of benzene rings is 2. The molecule has 1 saturated heterocycles. The van der Waals surface area contributed by atoms with E-state index in [1.807, 2.05) is 24.3 Å². The van der Waals surface area contributed by atoms with Crippen LogP contribution in [0.2, 0.25) is 5.02 Å². The maximum Gasteiger partial charge on any atom is 0.238 e. The zero-order valence-corrected chi connectivity index (χ0v) is 13.4. The van der Waals surface area contributed by atoms with Gasteiger partial charge in [-0.25, -0.2) is 4.39 Å². The summed E-state index contributed by atoms with van der Waals surface area (Å²) in [4.78, 5) is 14.3. The van der Waals surface area contributed by atoms with Crippen LogP contribution < -0.4 is 5.32 Å². The van der Waals surface area contributed by atoms with Crippen LogP contribution in [-0.2, 0) is 4.79 Å². The van der Waals surface area contributed by atoms with Crippen molar-refractivity contribution in [2.24, 2.45) is 0 Å². The van der Waals surface area contributed by atoms with Gasteiger partial charge in [-0.05, 0) is 49.2 Å². The Balaban J connectivity index is 1.67. The lowest BCUT2D eigenvalue weighted by molar-refractivity contribution is -0.117. The molecule has 1 fully saturated rings. The summed E-state index contributed by atoms with van der Waals surface area (Å²) in [5.41, 5.74) is 1.34. The van der Waals surface area contributed by atoms with Gasteiger partial charge in [0.25, 0.3) is 0 Å². The first-order chi connectivity index (χ1) is 11.1. The van der Waals surface area contributed by atoms with E-state index in [1.54, 1.807) is 18.2 Å². The van der Waals surface area contributed by atoms with Gasteiger partial charge in [-0.15, -0.1) is 0 Å². The summed E-state index contributed by atoms with van der Waals surface area (Å²) >= 11 is 6.06. The SMILES string of the molecule is O=C(CN1CCCC1c1cccc(Cl)c1)Nc1ccccc1F. The van der Waals surface area contributed by atoms with Gasteiger partial charge in [-0.2, -0.15) is 0 Å². The second-order valence-electron chi connectivity index (χ2n) is 5.71. The third-order valence-corrected chi connectivity index (χ3v) is 4.33. The lowest BCUT2D eigenvalue weighted by atomic mass is 10.0. The van der Waals surface area contributed by atoms with Gasteiger partial charge >= 0.3 is 0 Å². The molecule has 0 saturated carbocycles. The highest BCUT2D eigenvalue weighted by Crippen LogP contribution is 2.32. The number of carbonyl (C=O) groups excluding carboxylic acids is 1. The van der Waals surface area contributed by atoms with E-state index in [9.17, 15) is 9.18 Å². The topological polar surface area (TPSA) is 32.3 Å². The number of nitrogens with zero attached hydrogens (tertiary/aromatic N) is 1. The fourth-order valence-corrected chi connectivity index (χ4v) is 3.24. The summed E-state index contributed by atoms with van der Waals surface area (Å²) in [7, 11) is 0. The van der Waals surface area contributed by atoms with Gasteiger partial charge in [0.2, 0.25) is 5.91 Å². The Morgan fingerprint density at radius 1 is 1.26 bits per heavy atom. The molecular formula is C18H18ClFN2O. The van der Waals surface area contributed by atoms with Gasteiger partial charge in [-0.3, -0.25) is 9.69 Å². The van der Waals surface area contributed by atoms with Crippen molar-refractivity contribution in [3.05, 3.63) is 64.9 Å². The summed E-state index contributed by atoms with van der Waals surface area (Å²) in [5.74, 6) is -0.627. The van der Waals surface area contributed by atoms with E-state index in [0.717, 1.165) is 24.9 Å². The van der Waals surface area contributed by atoms with Gasteiger partial charge in [-0.1, -0.05) is 35.9 Å². The monoisotopic (exact) mass is 332 g/mol. The second kappa shape index (κ2) is 7.11. The highest BCUT2D eigenvalue weighted by Gasteiger charge is 2.27. The summed E-state index contributed by atoms with van der Waals surface area (Å²) in [6.07, 6.45) is 2.03. The molecule has 0 spiro atoms. The number of hydrogen-bond donors (Lipinski definition) is 1. The van der Waals surface area contributed by atoms with Crippen LogP contribution in [0.1, 0.15) is 24.4 Å². The number of anilines is 1. The van der Waals surface area contributed by atoms with Crippen molar-refractivity contribution in [2.45, 2.75) is 18.9 Å². The number of hydrogen-bond acceptors (Lipinski definition) is 2. The fraction of sp³-hybridized carbons (Fsp3) is 0.278. The minimum atomic E-state index is -0.423. The zero-order chi connectivity index (χ0) is 16.2. The standard InChI is InChI=1S/C18H18ClFN2O/c19-14-6-3-5-13(11-14)17-9-4-10-22(17)12-18(23)21-16-8-2-1-7-15(16)20/h1-3,5-8,11,17H,4,9-10,12H2,(H,21,23). The molecule has 1 heterocycles. The van der Waals surface area contributed by atoms with Crippen molar-refractivity contribution in [1.82, 2.24) is 4.90 Å². The molecule has 23 heavy (non-hydrogen) atoms. The minimum absolute atomic E-state index is 0.181. The number of carbonyl (C=O) groups is 1. The maximum atomic E-state index is 13.6. The molecule has 120 valence electrons. The Kier molecular flexibility index (Phi) is 4.94. The molecule has 3 rings (SSSR count). The Morgan fingerprint density at radius 2 is 2.09 bits per heavy atom. The maximum absolute atomic E-state index is 13.6. The molecule has 0 aliphatic carbocycles. The first-order valence-corrected chi connectivity index (χ1v) is 8.05. The van der Waals surface area contributed by atoms with E-state index < -0.39 is 5.82 Å². The summed E-state index contributed by atoms with van der Waals surface area (Å²) in [6, 6.07) is 14.1. The largest absolute Gasteiger partial charge is 0.322 e. The fourth-order valence-electron chi connectivity index (χ4n) is 3.04. The molecular weight excluding hydrogens is 315 g/mol. The van der Waals surface area contributed by atoms with Crippen LogP contribution in [0.5, 0.6) is 0 Å².